The third-order valence-electron chi connectivity index (χ3n) is 5.09. The molecule has 0 aliphatic carbocycles. The maximum Gasteiger partial charge on any atom is 0.251 e. The van der Waals surface area contributed by atoms with Crippen LogP contribution in [-0.4, -0.2) is 44.7 Å². The topological polar surface area (TPSA) is 58.4 Å². The molecule has 26 heavy (non-hydrogen) atoms. The van der Waals surface area contributed by atoms with Gasteiger partial charge in [0.15, 0.2) is 0 Å². The molecule has 1 aliphatic rings. The average Bonchev–Trinajstić information content (AvgIpc) is 3.09. The monoisotopic (exact) mass is 355 g/mol. The molecule has 1 unspecified atom stereocenters. The van der Waals surface area contributed by atoms with Crippen LogP contribution in [-0.2, 0) is 11.3 Å². The molecule has 3 rings (SSSR count). The number of hydrogen-bond donors (Lipinski definition) is 1. The van der Waals surface area contributed by atoms with Crippen LogP contribution in [0.4, 0.5) is 0 Å². The van der Waals surface area contributed by atoms with Gasteiger partial charge >= 0.3 is 0 Å². The second kappa shape index (κ2) is 8.49. The molecule has 1 saturated heterocycles. The number of aliphatic hydroxyl groups excluding tert-OH is 1. The summed E-state index contributed by atoms with van der Waals surface area (Å²) in [6.07, 6.45) is 5.35. The van der Waals surface area contributed by atoms with Gasteiger partial charge in [-0.25, -0.2) is 4.98 Å². The zero-order valence-corrected chi connectivity index (χ0v) is 15.7. The largest absolute Gasteiger partial charge is 0.383 e. The van der Waals surface area contributed by atoms with Crippen molar-refractivity contribution >= 4 is 5.91 Å². The van der Waals surface area contributed by atoms with Crippen molar-refractivity contribution in [3.8, 4) is 0 Å². The van der Waals surface area contributed by atoms with E-state index in [2.05, 4.69) is 33.8 Å². The van der Waals surface area contributed by atoms with E-state index in [4.69, 9.17) is 0 Å². The maximum atomic E-state index is 12.4. The third kappa shape index (κ3) is 4.52. The highest BCUT2D eigenvalue weighted by Crippen LogP contribution is 2.28. The zero-order chi connectivity index (χ0) is 18.5. The van der Waals surface area contributed by atoms with E-state index in [0.717, 1.165) is 25.2 Å². The lowest BCUT2D eigenvalue weighted by Gasteiger charge is -2.33. The normalized spacial score (nSPS) is 16.8. The Morgan fingerprint density at radius 2 is 1.92 bits per heavy atom. The van der Waals surface area contributed by atoms with Crippen LogP contribution < -0.4 is 0 Å². The Labute approximate surface area is 155 Å². The van der Waals surface area contributed by atoms with Crippen LogP contribution in [0.15, 0.2) is 42.7 Å². The number of imidazole rings is 1. The fourth-order valence-corrected chi connectivity index (χ4v) is 3.71. The minimum Gasteiger partial charge on any atom is -0.383 e. The van der Waals surface area contributed by atoms with Crippen molar-refractivity contribution in [1.82, 2.24) is 14.5 Å². The number of aromatic nitrogens is 2. The van der Waals surface area contributed by atoms with Crippen molar-refractivity contribution in [2.45, 2.75) is 51.7 Å². The zero-order valence-electron chi connectivity index (χ0n) is 15.7. The molecule has 5 nitrogen and oxygen atoms in total. The van der Waals surface area contributed by atoms with Gasteiger partial charge in [0.05, 0.1) is 0 Å². The molecular weight excluding hydrogens is 326 g/mol. The maximum absolute atomic E-state index is 12.4. The minimum atomic E-state index is -0.869. The first-order valence-electron chi connectivity index (χ1n) is 9.56. The fraction of sp³-hybridized carbons (Fsp3) is 0.524. The van der Waals surface area contributed by atoms with Crippen molar-refractivity contribution in [3.05, 3.63) is 54.1 Å². The molecule has 0 spiro atoms. The summed E-state index contributed by atoms with van der Waals surface area (Å²) in [6.45, 7) is 6.25. The summed E-state index contributed by atoms with van der Waals surface area (Å²) in [7, 11) is 0. The predicted octanol–water partition coefficient (Wildman–Crippen LogP) is 3.04. The van der Waals surface area contributed by atoms with Crippen molar-refractivity contribution in [3.63, 3.8) is 0 Å². The van der Waals surface area contributed by atoms with E-state index in [1.54, 1.807) is 0 Å². The summed E-state index contributed by atoms with van der Waals surface area (Å²) in [5.74, 6) is 1.66. The van der Waals surface area contributed by atoms with Gasteiger partial charge in [-0.1, -0.05) is 44.2 Å². The van der Waals surface area contributed by atoms with E-state index in [9.17, 15) is 9.90 Å². The standard InChI is InChI=1S/C21H29N3O2/c1-16(2)14-19(25)21(26)23-11-8-18(9-12-23)20-22-10-13-24(20)15-17-6-4-3-5-7-17/h3-7,10,13,16,18-19,25H,8-9,11-12,14-15H2,1-2H3. The van der Waals surface area contributed by atoms with E-state index in [-0.39, 0.29) is 5.91 Å². The summed E-state index contributed by atoms with van der Waals surface area (Å²) < 4.78 is 2.21. The van der Waals surface area contributed by atoms with Gasteiger partial charge in [-0.05, 0) is 30.7 Å². The molecule has 1 aromatic carbocycles. The number of rotatable bonds is 6. The van der Waals surface area contributed by atoms with Gasteiger partial charge in [0.1, 0.15) is 11.9 Å². The van der Waals surface area contributed by atoms with E-state index >= 15 is 0 Å². The molecule has 0 radical (unpaired) electrons. The lowest BCUT2D eigenvalue weighted by atomic mass is 9.95. The Hall–Kier alpha value is -2.14. The van der Waals surface area contributed by atoms with Crippen molar-refractivity contribution < 1.29 is 9.90 Å². The number of aliphatic hydroxyl groups is 1. The molecule has 0 bridgehead atoms. The highest BCUT2D eigenvalue weighted by Gasteiger charge is 2.29. The highest BCUT2D eigenvalue weighted by molar-refractivity contribution is 5.80. The van der Waals surface area contributed by atoms with Gasteiger partial charge in [-0.3, -0.25) is 4.79 Å². The number of piperidine rings is 1. The van der Waals surface area contributed by atoms with Crippen molar-refractivity contribution in [2.24, 2.45) is 5.92 Å². The Morgan fingerprint density at radius 1 is 1.23 bits per heavy atom. The van der Waals surface area contributed by atoms with Crippen LogP contribution in [0.1, 0.15) is 50.4 Å². The van der Waals surface area contributed by atoms with Gasteiger partial charge in [-0.15, -0.1) is 0 Å². The fourth-order valence-electron chi connectivity index (χ4n) is 3.71. The lowest BCUT2D eigenvalue weighted by Crippen LogP contribution is -2.44. The summed E-state index contributed by atoms with van der Waals surface area (Å²) in [5.41, 5.74) is 1.26. The first-order valence-corrected chi connectivity index (χ1v) is 9.56. The summed E-state index contributed by atoms with van der Waals surface area (Å²) in [4.78, 5) is 18.8. The predicted molar refractivity (Wildman–Crippen MR) is 102 cm³/mol. The lowest BCUT2D eigenvalue weighted by molar-refractivity contribution is -0.142. The van der Waals surface area contributed by atoms with Gasteiger partial charge in [0, 0.05) is 37.9 Å². The SMILES string of the molecule is CC(C)CC(O)C(=O)N1CCC(c2nccn2Cc2ccccc2)CC1. The summed E-state index contributed by atoms with van der Waals surface area (Å²) >= 11 is 0. The van der Waals surface area contributed by atoms with Crippen molar-refractivity contribution in [2.75, 3.05) is 13.1 Å². The number of benzene rings is 1. The first kappa shape index (κ1) is 18.6. The van der Waals surface area contributed by atoms with Crippen LogP contribution >= 0.6 is 0 Å². The van der Waals surface area contributed by atoms with Gasteiger partial charge in [-0.2, -0.15) is 0 Å². The van der Waals surface area contributed by atoms with Gasteiger partial charge in [0.25, 0.3) is 5.91 Å². The molecule has 5 heteroatoms. The molecular formula is C21H29N3O2. The molecule has 1 N–H and O–H groups in total. The van der Waals surface area contributed by atoms with E-state index < -0.39 is 6.10 Å². The van der Waals surface area contributed by atoms with E-state index in [1.165, 1.54) is 5.56 Å². The Kier molecular flexibility index (Phi) is 6.09. The third-order valence-corrected chi connectivity index (χ3v) is 5.09. The Bertz CT molecular complexity index is 703. The summed E-state index contributed by atoms with van der Waals surface area (Å²) in [5, 5.41) is 10.1. The van der Waals surface area contributed by atoms with Crippen molar-refractivity contribution in [1.29, 1.82) is 0 Å². The molecule has 1 atom stereocenters. The average molecular weight is 355 g/mol. The van der Waals surface area contributed by atoms with E-state index in [0.29, 0.717) is 31.3 Å². The van der Waals surface area contributed by atoms with Crippen LogP contribution in [0.3, 0.4) is 0 Å². The number of carbonyl (C=O) groups is 1. The molecule has 140 valence electrons. The number of likely N-dealkylation sites (tertiary alicyclic amines) is 1. The molecule has 1 fully saturated rings. The summed E-state index contributed by atoms with van der Waals surface area (Å²) in [6, 6.07) is 10.4. The Morgan fingerprint density at radius 3 is 2.58 bits per heavy atom. The Balaban J connectivity index is 1.59. The molecule has 2 heterocycles. The van der Waals surface area contributed by atoms with Gasteiger partial charge < -0.3 is 14.6 Å². The second-order valence-corrected chi connectivity index (χ2v) is 7.64. The van der Waals surface area contributed by atoms with Crippen LogP contribution in [0.25, 0.3) is 0 Å². The van der Waals surface area contributed by atoms with Crippen LogP contribution in [0.2, 0.25) is 0 Å². The van der Waals surface area contributed by atoms with E-state index in [1.807, 2.05) is 37.2 Å². The van der Waals surface area contributed by atoms with Crippen LogP contribution in [0, 0.1) is 5.92 Å². The number of amides is 1. The first-order chi connectivity index (χ1) is 12.5. The minimum absolute atomic E-state index is 0.121. The number of hydrogen-bond acceptors (Lipinski definition) is 3. The molecule has 2 aromatic rings. The quantitative estimate of drug-likeness (QED) is 0.866. The second-order valence-electron chi connectivity index (χ2n) is 7.64. The highest BCUT2D eigenvalue weighted by atomic mass is 16.3. The number of nitrogens with zero attached hydrogens (tertiary/aromatic N) is 3. The molecule has 1 aliphatic heterocycles. The van der Waals surface area contributed by atoms with Gasteiger partial charge in [0.2, 0.25) is 0 Å². The molecule has 1 aromatic heterocycles. The molecule has 1 amide bonds. The van der Waals surface area contributed by atoms with Crippen LogP contribution in [0.5, 0.6) is 0 Å². The molecule has 0 saturated carbocycles. The smallest absolute Gasteiger partial charge is 0.251 e. The number of carbonyl (C=O) groups excluding carboxylic acids is 1.